The second-order valence-corrected chi connectivity index (χ2v) is 2.89. The lowest BCUT2D eigenvalue weighted by Crippen LogP contribution is -2.22. The Balaban J connectivity index is 2.83. The molecule has 3 heteroatoms. The molecule has 1 amide bonds. The molecule has 3 nitrogen and oxygen atoms in total. The molecular weight excluding hydrogens is 166 g/mol. The number of hydrogen-bond acceptors (Lipinski definition) is 2. The summed E-state index contributed by atoms with van der Waals surface area (Å²) in [7, 11) is 0. The first kappa shape index (κ1) is 9.58. The molecule has 0 atom stereocenters. The van der Waals surface area contributed by atoms with E-state index in [1.807, 2.05) is 6.92 Å². The molecule has 0 unspecified atom stereocenters. The Bertz CT molecular complexity index is 279. The Morgan fingerprint density at radius 2 is 2.38 bits per heavy atom. The molecule has 0 radical (unpaired) electrons. The van der Waals surface area contributed by atoms with Crippen molar-refractivity contribution < 1.29 is 9.53 Å². The Morgan fingerprint density at radius 1 is 1.69 bits per heavy atom. The van der Waals surface area contributed by atoms with Crippen LogP contribution >= 0.6 is 0 Å². The Labute approximate surface area is 78.0 Å². The van der Waals surface area contributed by atoms with Gasteiger partial charge in [-0.2, -0.15) is 0 Å². The van der Waals surface area contributed by atoms with Gasteiger partial charge in [-0.05, 0) is 19.1 Å². The summed E-state index contributed by atoms with van der Waals surface area (Å²) in [5, 5.41) is 0. The number of allylic oxidation sites excluding steroid dienone is 3. The quantitative estimate of drug-likeness (QED) is 0.621. The molecule has 0 aromatic carbocycles. The molecule has 0 bridgehead atoms. The third kappa shape index (κ3) is 2.21. The minimum atomic E-state index is -0.313. The number of hydrogen-bond donors (Lipinski definition) is 0. The fourth-order valence-corrected chi connectivity index (χ4v) is 1.13. The monoisotopic (exact) mass is 179 g/mol. The zero-order valence-corrected chi connectivity index (χ0v) is 7.75. The number of cyclic esters (lactones) is 1. The van der Waals surface area contributed by atoms with E-state index in [2.05, 4.69) is 13.2 Å². The highest BCUT2D eigenvalue weighted by atomic mass is 16.6. The first-order chi connectivity index (χ1) is 6.15. The van der Waals surface area contributed by atoms with Crippen molar-refractivity contribution in [2.24, 2.45) is 0 Å². The number of nitrogens with zero attached hydrogens (tertiary/aromatic N) is 1. The van der Waals surface area contributed by atoms with Gasteiger partial charge < -0.3 is 4.74 Å². The molecule has 0 aromatic rings. The second-order valence-electron chi connectivity index (χ2n) is 2.89. The average Bonchev–Trinajstić information content (AvgIpc) is 2.47. The number of rotatable bonds is 3. The predicted octanol–water partition coefficient (Wildman–Crippen LogP) is 2.08. The van der Waals surface area contributed by atoms with Crippen LogP contribution in [0.3, 0.4) is 0 Å². The van der Waals surface area contributed by atoms with Gasteiger partial charge in [0, 0.05) is 5.70 Å². The number of carbonyl (C=O) groups excluding carboxylic acids is 1. The van der Waals surface area contributed by atoms with Crippen LogP contribution in [0, 0.1) is 0 Å². The van der Waals surface area contributed by atoms with Gasteiger partial charge in [0.15, 0.2) is 0 Å². The first-order valence-electron chi connectivity index (χ1n) is 4.09. The SMILES string of the molecule is C=C/C(=C\C(=C)C)N1CCOC1=O. The summed E-state index contributed by atoms with van der Waals surface area (Å²) in [6.45, 7) is 10.3. The van der Waals surface area contributed by atoms with Gasteiger partial charge in [0.05, 0.1) is 6.54 Å². The van der Waals surface area contributed by atoms with E-state index in [9.17, 15) is 4.79 Å². The molecule has 0 N–H and O–H groups in total. The third-order valence-electron chi connectivity index (χ3n) is 1.68. The standard InChI is InChI=1S/C10H13NO2/c1-4-9(7-8(2)3)11-5-6-13-10(11)12/h4,7H,1-2,5-6H2,3H3/b9-7+. The van der Waals surface area contributed by atoms with E-state index in [1.54, 1.807) is 17.1 Å². The number of amides is 1. The minimum absolute atomic E-state index is 0.313. The summed E-state index contributed by atoms with van der Waals surface area (Å²) in [4.78, 5) is 12.7. The van der Waals surface area contributed by atoms with E-state index in [-0.39, 0.29) is 6.09 Å². The number of carbonyl (C=O) groups is 1. The van der Waals surface area contributed by atoms with Gasteiger partial charge in [0.1, 0.15) is 6.61 Å². The van der Waals surface area contributed by atoms with Gasteiger partial charge in [-0.25, -0.2) is 4.79 Å². The maximum Gasteiger partial charge on any atom is 0.414 e. The van der Waals surface area contributed by atoms with E-state index in [0.29, 0.717) is 13.2 Å². The molecule has 0 aliphatic carbocycles. The molecule has 1 heterocycles. The van der Waals surface area contributed by atoms with Crippen LogP contribution in [0.5, 0.6) is 0 Å². The van der Waals surface area contributed by atoms with Gasteiger partial charge in [-0.1, -0.05) is 18.7 Å². The highest BCUT2D eigenvalue weighted by Gasteiger charge is 2.23. The summed E-state index contributed by atoms with van der Waals surface area (Å²) >= 11 is 0. The fraction of sp³-hybridized carbons (Fsp3) is 0.300. The van der Waals surface area contributed by atoms with Crippen LogP contribution in [-0.4, -0.2) is 24.1 Å². The summed E-state index contributed by atoms with van der Waals surface area (Å²) in [6, 6.07) is 0. The molecular formula is C10H13NO2. The first-order valence-corrected chi connectivity index (χ1v) is 4.09. The number of ether oxygens (including phenoxy) is 1. The maximum atomic E-state index is 11.1. The Hall–Kier alpha value is -1.51. The van der Waals surface area contributed by atoms with E-state index in [0.717, 1.165) is 11.3 Å². The van der Waals surface area contributed by atoms with Crippen molar-refractivity contribution in [1.29, 1.82) is 0 Å². The van der Waals surface area contributed by atoms with Gasteiger partial charge >= 0.3 is 6.09 Å². The van der Waals surface area contributed by atoms with E-state index in [1.165, 1.54) is 0 Å². The van der Waals surface area contributed by atoms with E-state index >= 15 is 0 Å². The summed E-state index contributed by atoms with van der Waals surface area (Å²) < 4.78 is 4.80. The van der Waals surface area contributed by atoms with Crippen LogP contribution in [0.1, 0.15) is 6.92 Å². The molecule has 1 saturated heterocycles. The minimum Gasteiger partial charge on any atom is -0.447 e. The summed E-state index contributed by atoms with van der Waals surface area (Å²) in [6.07, 6.45) is 3.12. The van der Waals surface area contributed by atoms with Crippen LogP contribution in [0.2, 0.25) is 0 Å². The summed E-state index contributed by atoms with van der Waals surface area (Å²) in [5.74, 6) is 0. The van der Waals surface area contributed by atoms with E-state index < -0.39 is 0 Å². The normalized spacial score (nSPS) is 17.2. The zero-order valence-electron chi connectivity index (χ0n) is 7.75. The van der Waals surface area contributed by atoms with Gasteiger partial charge in [0.25, 0.3) is 0 Å². The van der Waals surface area contributed by atoms with Crippen LogP contribution in [0.25, 0.3) is 0 Å². The highest BCUT2D eigenvalue weighted by molar-refractivity contribution is 5.72. The molecule has 0 saturated carbocycles. The van der Waals surface area contributed by atoms with Crippen molar-refractivity contribution >= 4 is 6.09 Å². The van der Waals surface area contributed by atoms with E-state index in [4.69, 9.17) is 4.74 Å². The molecule has 1 aliphatic rings. The molecule has 70 valence electrons. The van der Waals surface area contributed by atoms with Crippen molar-refractivity contribution in [3.8, 4) is 0 Å². The topological polar surface area (TPSA) is 29.5 Å². The van der Waals surface area contributed by atoms with Crippen LogP contribution in [-0.2, 0) is 4.74 Å². The van der Waals surface area contributed by atoms with Gasteiger partial charge in [-0.15, -0.1) is 0 Å². The van der Waals surface area contributed by atoms with Crippen molar-refractivity contribution in [3.05, 3.63) is 36.6 Å². The predicted molar refractivity (Wildman–Crippen MR) is 51.1 cm³/mol. The van der Waals surface area contributed by atoms with Gasteiger partial charge in [-0.3, -0.25) is 4.90 Å². The van der Waals surface area contributed by atoms with Crippen LogP contribution < -0.4 is 0 Å². The lowest BCUT2D eigenvalue weighted by molar-refractivity contribution is 0.165. The fourth-order valence-electron chi connectivity index (χ4n) is 1.13. The third-order valence-corrected chi connectivity index (χ3v) is 1.68. The second kappa shape index (κ2) is 3.94. The van der Waals surface area contributed by atoms with Crippen molar-refractivity contribution in [3.63, 3.8) is 0 Å². The van der Waals surface area contributed by atoms with Crippen LogP contribution in [0.15, 0.2) is 36.6 Å². The molecule has 1 aliphatic heterocycles. The lowest BCUT2D eigenvalue weighted by Gasteiger charge is -2.13. The van der Waals surface area contributed by atoms with Crippen LogP contribution in [0.4, 0.5) is 4.79 Å². The van der Waals surface area contributed by atoms with Crippen molar-refractivity contribution in [2.45, 2.75) is 6.92 Å². The lowest BCUT2D eigenvalue weighted by atomic mass is 10.2. The Kier molecular flexibility index (Phi) is 2.90. The zero-order chi connectivity index (χ0) is 9.84. The van der Waals surface area contributed by atoms with Gasteiger partial charge in [0.2, 0.25) is 0 Å². The molecule has 1 rings (SSSR count). The molecule has 0 spiro atoms. The maximum absolute atomic E-state index is 11.1. The average molecular weight is 179 g/mol. The smallest absolute Gasteiger partial charge is 0.414 e. The largest absolute Gasteiger partial charge is 0.447 e. The molecule has 13 heavy (non-hydrogen) atoms. The molecule has 1 fully saturated rings. The Morgan fingerprint density at radius 3 is 2.77 bits per heavy atom. The highest BCUT2D eigenvalue weighted by Crippen LogP contribution is 2.14. The summed E-state index contributed by atoms with van der Waals surface area (Å²) in [5.41, 5.74) is 1.63. The van der Waals surface area contributed by atoms with Crippen molar-refractivity contribution in [2.75, 3.05) is 13.2 Å². The molecule has 0 aromatic heterocycles. The van der Waals surface area contributed by atoms with Crippen molar-refractivity contribution in [1.82, 2.24) is 4.90 Å².